The van der Waals surface area contributed by atoms with Crippen LogP contribution in [0, 0.1) is 11.3 Å². The summed E-state index contributed by atoms with van der Waals surface area (Å²) in [7, 11) is 0. The normalized spacial score (nSPS) is 10.6. The Morgan fingerprint density at radius 2 is 1.70 bits per heavy atom. The van der Waals surface area contributed by atoms with E-state index in [1.165, 1.54) is 0 Å². The summed E-state index contributed by atoms with van der Waals surface area (Å²) in [4.78, 5) is 4.66. The second-order valence-electron chi connectivity index (χ2n) is 5.12. The minimum atomic E-state index is 0.517. The number of para-hydroxylation sites is 1. The topological polar surface area (TPSA) is 68.9 Å². The average molecular weight is 299 g/mol. The summed E-state index contributed by atoms with van der Waals surface area (Å²) in [5.74, 6) is 0.805. The molecule has 2 heterocycles. The lowest BCUT2D eigenvalue weighted by Gasteiger charge is -2.07. The highest BCUT2D eigenvalue weighted by Gasteiger charge is 2.17. The predicted octanol–water partition coefficient (Wildman–Crippen LogP) is 3.94. The zero-order valence-electron chi connectivity index (χ0n) is 12.2. The fraction of sp³-hybridized carbons (Fsp3) is 0. The number of aromatic nitrogens is 3. The van der Waals surface area contributed by atoms with E-state index in [1.807, 2.05) is 60.7 Å². The van der Waals surface area contributed by atoms with Crippen LogP contribution in [0.25, 0.3) is 16.9 Å². The van der Waals surface area contributed by atoms with E-state index in [0.29, 0.717) is 11.2 Å². The minimum Gasteiger partial charge on any atom is -0.338 e. The van der Waals surface area contributed by atoms with E-state index in [1.54, 1.807) is 10.7 Å². The van der Waals surface area contributed by atoms with Crippen LogP contribution in [0.5, 0.6) is 0 Å². The molecule has 0 fully saturated rings. The summed E-state index contributed by atoms with van der Waals surface area (Å²) < 4.78 is 1.80. The van der Waals surface area contributed by atoms with Gasteiger partial charge in [-0.15, -0.1) is 0 Å². The van der Waals surface area contributed by atoms with Crippen LogP contribution in [0.4, 0.5) is 11.5 Å². The molecule has 2 aromatic carbocycles. The lowest BCUT2D eigenvalue weighted by atomic mass is 10.1. The largest absolute Gasteiger partial charge is 0.338 e. The van der Waals surface area contributed by atoms with Gasteiger partial charge in [0.05, 0.1) is 0 Å². The van der Waals surface area contributed by atoms with Crippen LogP contribution in [-0.4, -0.2) is 14.6 Å². The van der Waals surface area contributed by atoms with Gasteiger partial charge in [-0.1, -0.05) is 48.5 Å². The first-order valence-corrected chi connectivity index (χ1v) is 7.24. The number of hydrogen-bond acceptors (Lipinski definition) is 3. The van der Waals surface area contributed by atoms with Crippen molar-refractivity contribution in [3.05, 3.63) is 72.4 Å². The number of nitriles is 1. The van der Waals surface area contributed by atoms with Crippen LogP contribution < -0.4 is 5.32 Å². The average Bonchev–Trinajstić information content (AvgIpc) is 3.17. The first-order chi connectivity index (χ1) is 11.4. The van der Waals surface area contributed by atoms with Crippen molar-refractivity contribution in [2.24, 2.45) is 0 Å². The molecule has 5 heteroatoms. The first-order valence-electron chi connectivity index (χ1n) is 7.24. The van der Waals surface area contributed by atoms with Crippen molar-refractivity contribution in [3.8, 4) is 17.3 Å². The van der Waals surface area contributed by atoms with Crippen LogP contribution >= 0.6 is 0 Å². The maximum atomic E-state index is 9.24. The molecule has 0 spiro atoms. The highest BCUT2D eigenvalue weighted by molar-refractivity contribution is 5.80. The number of imidazole rings is 1. The number of H-pyrrole nitrogens is 1. The third kappa shape index (κ3) is 2.23. The smallest absolute Gasteiger partial charge is 0.173 e. The molecule has 0 bridgehead atoms. The van der Waals surface area contributed by atoms with Crippen LogP contribution in [0.3, 0.4) is 0 Å². The van der Waals surface area contributed by atoms with Gasteiger partial charge >= 0.3 is 0 Å². The van der Waals surface area contributed by atoms with Gasteiger partial charge in [0.25, 0.3) is 0 Å². The summed E-state index contributed by atoms with van der Waals surface area (Å²) >= 11 is 0. The Balaban J connectivity index is 1.92. The summed E-state index contributed by atoms with van der Waals surface area (Å²) in [6.07, 6.45) is 1.66. The summed E-state index contributed by atoms with van der Waals surface area (Å²) in [5.41, 5.74) is 3.89. The second-order valence-corrected chi connectivity index (χ2v) is 5.12. The molecule has 110 valence electrons. The molecule has 23 heavy (non-hydrogen) atoms. The van der Waals surface area contributed by atoms with Gasteiger partial charge in [0, 0.05) is 17.4 Å². The van der Waals surface area contributed by atoms with E-state index in [-0.39, 0.29) is 0 Å². The molecule has 0 saturated heterocycles. The van der Waals surface area contributed by atoms with Gasteiger partial charge in [-0.25, -0.2) is 9.50 Å². The molecule has 4 rings (SSSR count). The molecule has 0 saturated carbocycles. The first kappa shape index (κ1) is 13.2. The van der Waals surface area contributed by atoms with Crippen molar-refractivity contribution in [1.82, 2.24) is 14.6 Å². The molecule has 2 N–H and O–H groups in total. The molecule has 0 unspecified atom stereocenters. The van der Waals surface area contributed by atoms with E-state index in [4.69, 9.17) is 0 Å². The monoisotopic (exact) mass is 299 g/mol. The quantitative estimate of drug-likeness (QED) is 0.602. The maximum absolute atomic E-state index is 9.24. The molecule has 2 aromatic heterocycles. The van der Waals surface area contributed by atoms with Crippen molar-refractivity contribution in [2.45, 2.75) is 0 Å². The molecule has 0 atom stereocenters. The van der Waals surface area contributed by atoms with Crippen molar-refractivity contribution < 1.29 is 0 Å². The highest BCUT2D eigenvalue weighted by Crippen LogP contribution is 2.31. The molecule has 4 aromatic rings. The number of fused-ring (bicyclic) bond motifs is 1. The standard InChI is InChI=1S/C18H13N5/c19-11-14-12-20-23-17(14)22-16(13-7-3-1-4-8-13)18(23)21-15-9-5-2-6-10-15/h1-10,12,20-21H. The SMILES string of the molecule is N#Cc1c[nH]n2c(Nc3ccccc3)c(-c3ccccc3)nc12. The Hall–Kier alpha value is -3.52. The third-order valence-electron chi connectivity index (χ3n) is 3.66. The lowest BCUT2D eigenvalue weighted by molar-refractivity contribution is 0.980. The van der Waals surface area contributed by atoms with Gasteiger partial charge in [0.15, 0.2) is 11.5 Å². The molecular formula is C18H13N5. The van der Waals surface area contributed by atoms with Gasteiger partial charge in [0.2, 0.25) is 0 Å². The molecule has 0 amide bonds. The summed E-state index contributed by atoms with van der Waals surface area (Å²) in [6.45, 7) is 0. The molecular weight excluding hydrogens is 286 g/mol. The van der Waals surface area contributed by atoms with Crippen LogP contribution in [-0.2, 0) is 0 Å². The number of hydrogen-bond donors (Lipinski definition) is 2. The van der Waals surface area contributed by atoms with Crippen LogP contribution in [0.15, 0.2) is 66.9 Å². The van der Waals surface area contributed by atoms with E-state index in [9.17, 15) is 5.26 Å². The molecule has 0 aliphatic heterocycles. The van der Waals surface area contributed by atoms with Crippen LogP contribution in [0.2, 0.25) is 0 Å². The fourth-order valence-corrected chi connectivity index (χ4v) is 2.57. The number of rotatable bonds is 3. The second kappa shape index (κ2) is 5.35. The zero-order chi connectivity index (χ0) is 15.6. The Morgan fingerprint density at radius 1 is 1.00 bits per heavy atom. The molecule has 0 radical (unpaired) electrons. The van der Waals surface area contributed by atoms with Gasteiger partial charge in [-0.3, -0.25) is 5.10 Å². The molecule has 0 aliphatic carbocycles. The van der Waals surface area contributed by atoms with E-state index in [2.05, 4.69) is 21.5 Å². The molecule has 5 nitrogen and oxygen atoms in total. The third-order valence-corrected chi connectivity index (χ3v) is 3.66. The van der Waals surface area contributed by atoms with Crippen molar-refractivity contribution in [2.75, 3.05) is 5.32 Å². The van der Waals surface area contributed by atoms with Gasteiger partial charge < -0.3 is 5.32 Å². The Morgan fingerprint density at radius 3 is 2.39 bits per heavy atom. The van der Waals surface area contributed by atoms with Crippen molar-refractivity contribution >= 4 is 17.2 Å². The predicted molar refractivity (Wildman–Crippen MR) is 89.4 cm³/mol. The minimum absolute atomic E-state index is 0.517. The number of nitrogens with zero attached hydrogens (tertiary/aromatic N) is 3. The Kier molecular flexibility index (Phi) is 3.06. The Bertz CT molecular complexity index is 991. The van der Waals surface area contributed by atoms with Gasteiger partial charge in [-0.05, 0) is 12.1 Å². The number of nitrogens with one attached hydrogen (secondary N) is 2. The molecule has 0 aliphatic rings. The summed E-state index contributed by atoms with van der Waals surface area (Å²) in [5, 5.41) is 15.7. The van der Waals surface area contributed by atoms with Crippen LogP contribution in [0.1, 0.15) is 5.56 Å². The van der Waals surface area contributed by atoms with Crippen molar-refractivity contribution in [3.63, 3.8) is 0 Å². The van der Waals surface area contributed by atoms with E-state index in [0.717, 1.165) is 22.8 Å². The van der Waals surface area contributed by atoms with Gasteiger partial charge in [-0.2, -0.15) is 5.26 Å². The number of benzene rings is 2. The lowest BCUT2D eigenvalue weighted by Crippen LogP contribution is -1.97. The zero-order valence-corrected chi connectivity index (χ0v) is 12.2. The van der Waals surface area contributed by atoms with Crippen molar-refractivity contribution in [1.29, 1.82) is 5.26 Å². The van der Waals surface area contributed by atoms with E-state index < -0.39 is 0 Å². The fourth-order valence-electron chi connectivity index (χ4n) is 2.57. The Labute approximate surface area is 132 Å². The summed E-state index contributed by atoms with van der Waals surface area (Å²) in [6, 6.07) is 22.0. The maximum Gasteiger partial charge on any atom is 0.173 e. The number of aromatic amines is 1. The van der Waals surface area contributed by atoms with Gasteiger partial charge in [0.1, 0.15) is 17.3 Å². The van der Waals surface area contributed by atoms with E-state index >= 15 is 0 Å². The highest BCUT2D eigenvalue weighted by atomic mass is 15.3. The number of anilines is 2.